The summed E-state index contributed by atoms with van der Waals surface area (Å²) in [7, 11) is 0. The van der Waals surface area contributed by atoms with Gasteiger partial charge in [0.25, 0.3) is 5.91 Å². The van der Waals surface area contributed by atoms with E-state index >= 15 is 0 Å². The molecule has 2 heterocycles. The van der Waals surface area contributed by atoms with E-state index in [-0.39, 0.29) is 11.3 Å². The van der Waals surface area contributed by atoms with Crippen molar-refractivity contribution in [2.45, 2.75) is 25.3 Å². The molecule has 1 aromatic heterocycles. The van der Waals surface area contributed by atoms with Crippen LogP contribution in [0.4, 0.5) is 10.2 Å². The fraction of sp³-hybridized carbons (Fsp3) is 0.235. The lowest BCUT2D eigenvalue weighted by atomic mass is 9.85. The Bertz CT molecular complexity index is 900. The van der Waals surface area contributed by atoms with Crippen molar-refractivity contribution in [1.82, 2.24) is 9.78 Å². The summed E-state index contributed by atoms with van der Waals surface area (Å²) in [5.41, 5.74) is 7.20. The summed E-state index contributed by atoms with van der Waals surface area (Å²) in [6, 6.07) is 5.59. The van der Waals surface area contributed by atoms with Gasteiger partial charge in [-0.2, -0.15) is 5.10 Å². The number of fused-ring (bicyclic) bond motifs is 1. The van der Waals surface area contributed by atoms with Crippen molar-refractivity contribution in [3.63, 3.8) is 0 Å². The average Bonchev–Trinajstić information content (AvgIpc) is 2.98. The number of halogens is 1. The highest BCUT2D eigenvalue weighted by molar-refractivity contribution is 6.02. The van der Waals surface area contributed by atoms with E-state index in [9.17, 15) is 14.0 Å². The lowest BCUT2D eigenvalue weighted by molar-refractivity contribution is -0.116. The second kappa shape index (κ2) is 5.30. The van der Waals surface area contributed by atoms with Crippen LogP contribution in [0.5, 0.6) is 0 Å². The maximum atomic E-state index is 14.4. The van der Waals surface area contributed by atoms with Gasteiger partial charge in [-0.1, -0.05) is 18.2 Å². The van der Waals surface area contributed by atoms with Crippen LogP contribution < -0.4 is 11.1 Å². The molecule has 0 bridgehead atoms. The summed E-state index contributed by atoms with van der Waals surface area (Å²) < 4.78 is 15.9. The first kappa shape index (κ1) is 14.6. The maximum absolute atomic E-state index is 14.4. The molecule has 2 aromatic rings. The zero-order chi connectivity index (χ0) is 16.8. The number of amides is 1. The smallest absolute Gasteiger partial charge is 0.254 e. The molecule has 1 aliphatic heterocycles. The number of carbonyl (C=O) groups is 2. The van der Waals surface area contributed by atoms with E-state index in [4.69, 9.17) is 5.73 Å². The molecule has 7 heteroatoms. The second-order valence-corrected chi connectivity index (χ2v) is 5.93. The molecule has 24 heavy (non-hydrogen) atoms. The van der Waals surface area contributed by atoms with Crippen LogP contribution in [-0.4, -0.2) is 21.5 Å². The molecule has 0 saturated carbocycles. The number of nitrogens with one attached hydrogen (secondary N) is 1. The van der Waals surface area contributed by atoms with Crippen LogP contribution in [0.1, 0.15) is 41.2 Å². The van der Waals surface area contributed by atoms with Gasteiger partial charge in [-0.05, 0) is 18.9 Å². The number of allylic oxidation sites excluding steroid dienone is 2. The maximum Gasteiger partial charge on any atom is 0.254 e. The number of nitrogens with zero attached hydrogens (tertiary/aromatic N) is 2. The minimum Gasteiger partial charge on any atom is -0.365 e. The summed E-state index contributed by atoms with van der Waals surface area (Å²) in [6.45, 7) is 0. The fourth-order valence-electron chi connectivity index (χ4n) is 3.42. The van der Waals surface area contributed by atoms with E-state index in [2.05, 4.69) is 10.4 Å². The topological polar surface area (TPSA) is 90.0 Å². The summed E-state index contributed by atoms with van der Waals surface area (Å²) in [5.74, 6) is -0.665. The number of ketones is 1. The molecule has 3 N–H and O–H groups in total. The van der Waals surface area contributed by atoms with Crippen LogP contribution in [0.15, 0.2) is 41.7 Å². The molecular formula is C17H15FN4O2. The highest BCUT2D eigenvalue weighted by Gasteiger charge is 2.38. The number of anilines is 1. The van der Waals surface area contributed by atoms with Crippen molar-refractivity contribution < 1.29 is 14.0 Å². The molecule has 0 radical (unpaired) electrons. The average molecular weight is 326 g/mol. The van der Waals surface area contributed by atoms with Gasteiger partial charge < -0.3 is 11.1 Å². The SMILES string of the molecule is NC(=O)c1cnn2c1NC1=C(C(=O)CCC1)[C@H]2c1ccccc1F. The van der Waals surface area contributed by atoms with Crippen molar-refractivity contribution in [2.24, 2.45) is 5.73 Å². The molecule has 6 nitrogen and oxygen atoms in total. The Labute approximate surface area is 137 Å². The number of hydrogen-bond acceptors (Lipinski definition) is 4. The van der Waals surface area contributed by atoms with Gasteiger partial charge in [0.15, 0.2) is 5.78 Å². The number of rotatable bonds is 2. The normalized spacial score (nSPS) is 19.5. The summed E-state index contributed by atoms with van der Waals surface area (Å²) in [4.78, 5) is 24.2. The quantitative estimate of drug-likeness (QED) is 0.885. The Kier molecular flexibility index (Phi) is 3.23. The minimum absolute atomic E-state index is 0.0289. The van der Waals surface area contributed by atoms with Crippen molar-refractivity contribution in [1.29, 1.82) is 0 Å². The van der Waals surface area contributed by atoms with Crippen molar-refractivity contribution in [3.05, 3.63) is 58.7 Å². The summed E-state index contributed by atoms with van der Waals surface area (Å²) in [5, 5.41) is 7.32. The van der Waals surface area contributed by atoms with Gasteiger partial charge in [0, 0.05) is 23.3 Å². The number of Topliss-reactive ketones (excluding diaryl/α,β-unsaturated/α-hetero) is 1. The second-order valence-electron chi connectivity index (χ2n) is 5.93. The Morgan fingerprint density at radius 2 is 2.12 bits per heavy atom. The Morgan fingerprint density at radius 3 is 2.88 bits per heavy atom. The molecule has 1 aromatic carbocycles. The first-order valence-electron chi connectivity index (χ1n) is 7.73. The van der Waals surface area contributed by atoms with Crippen molar-refractivity contribution >= 4 is 17.5 Å². The summed E-state index contributed by atoms with van der Waals surface area (Å²) >= 11 is 0. The lowest BCUT2D eigenvalue weighted by Crippen LogP contribution is -2.32. The molecule has 0 saturated heterocycles. The highest BCUT2D eigenvalue weighted by atomic mass is 19.1. The molecule has 0 unspecified atom stereocenters. The molecule has 0 spiro atoms. The van der Waals surface area contributed by atoms with Crippen LogP contribution in [0.3, 0.4) is 0 Å². The molecule has 1 atom stereocenters. The van der Waals surface area contributed by atoms with Crippen LogP contribution in [0.2, 0.25) is 0 Å². The number of aromatic nitrogens is 2. The van der Waals surface area contributed by atoms with Crippen LogP contribution in [0.25, 0.3) is 0 Å². The number of primary amides is 1. The Morgan fingerprint density at radius 1 is 1.33 bits per heavy atom. The van der Waals surface area contributed by atoms with Gasteiger partial charge in [-0.3, -0.25) is 9.59 Å². The molecule has 2 aliphatic rings. The Balaban J connectivity index is 1.98. The molecule has 1 aliphatic carbocycles. The third kappa shape index (κ3) is 2.05. The minimum atomic E-state index is -0.696. The van der Waals surface area contributed by atoms with Crippen molar-refractivity contribution in [3.8, 4) is 0 Å². The van der Waals surface area contributed by atoms with E-state index in [1.165, 1.54) is 16.9 Å². The van der Waals surface area contributed by atoms with Crippen molar-refractivity contribution in [2.75, 3.05) is 5.32 Å². The van der Waals surface area contributed by atoms with Crippen LogP contribution in [0, 0.1) is 5.82 Å². The third-order valence-corrected chi connectivity index (χ3v) is 4.50. The van der Waals surface area contributed by atoms with Gasteiger partial charge >= 0.3 is 0 Å². The predicted octanol–water partition coefficient (Wildman–Crippen LogP) is 2.14. The molecular weight excluding hydrogens is 311 g/mol. The Hall–Kier alpha value is -2.96. The predicted molar refractivity (Wildman–Crippen MR) is 84.8 cm³/mol. The standard InChI is InChI=1S/C17H15FN4O2/c18-11-5-2-1-4-9(11)15-14-12(6-3-7-13(14)23)21-17-10(16(19)24)8-20-22(15)17/h1-2,4-5,8,15,21H,3,6-7H2,(H2,19,24)/t15-/m1/s1. The molecule has 0 fully saturated rings. The van der Waals surface area contributed by atoms with Gasteiger partial charge in [-0.15, -0.1) is 0 Å². The summed E-state index contributed by atoms with van der Waals surface area (Å²) in [6.07, 6.45) is 3.15. The monoisotopic (exact) mass is 326 g/mol. The van der Waals surface area contributed by atoms with E-state index in [0.29, 0.717) is 36.2 Å². The van der Waals surface area contributed by atoms with E-state index < -0.39 is 17.8 Å². The lowest BCUT2D eigenvalue weighted by Gasteiger charge is -2.33. The van der Waals surface area contributed by atoms with Gasteiger partial charge in [0.2, 0.25) is 0 Å². The number of benzene rings is 1. The molecule has 122 valence electrons. The van der Waals surface area contributed by atoms with E-state index in [0.717, 1.165) is 5.70 Å². The van der Waals surface area contributed by atoms with E-state index in [1.807, 2.05) is 0 Å². The van der Waals surface area contributed by atoms with Gasteiger partial charge in [0.05, 0.1) is 6.20 Å². The van der Waals surface area contributed by atoms with E-state index in [1.54, 1.807) is 18.2 Å². The number of nitrogens with two attached hydrogens (primary N) is 1. The largest absolute Gasteiger partial charge is 0.365 e. The van der Waals surface area contributed by atoms with Gasteiger partial charge in [-0.25, -0.2) is 9.07 Å². The zero-order valence-corrected chi connectivity index (χ0v) is 12.8. The number of carbonyl (C=O) groups excluding carboxylic acids is 2. The van der Waals surface area contributed by atoms with Crippen LogP contribution >= 0.6 is 0 Å². The first-order chi connectivity index (χ1) is 11.6. The van der Waals surface area contributed by atoms with Gasteiger partial charge in [0.1, 0.15) is 23.2 Å². The number of hydrogen-bond donors (Lipinski definition) is 2. The third-order valence-electron chi connectivity index (χ3n) is 4.50. The molecule has 1 amide bonds. The first-order valence-corrected chi connectivity index (χ1v) is 7.73. The highest BCUT2D eigenvalue weighted by Crippen LogP contribution is 2.41. The fourth-order valence-corrected chi connectivity index (χ4v) is 3.42. The van der Waals surface area contributed by atoms with Crippen LogP contribution in [-0.2, 0) is 4.79 Å². The zero-order valence-electron chi connectivity index (χ0n) is 12.8. The molecule has 4 rings (SSSR count).